The molecule has 222 valence electrons. The molecule has 11 nitrogen and oxygen atoms in total. The lowest BCUT2D eigenvalue weighted by molar-refractivity contribution is -0.384. The van der Waals surface area contributed by atoms with Gasteiger partial charge in [-0.25, -0.2) is 9.97 Å². The monoisotopic (exact) mass is 579 g/mol. The number of nitrogens with zero attached hydrogens (tertiary/aromatic N) is 8. The fraction of sp³-hybridized carbons (Fsp3) is 0.344. The van der Waals surface area contributed by atoms with Crippen LogP contribution in [0.5, 0.6) is 0 Å². The Morgan fingerprint density at radius 2 is 1.93 bits per heavy atom. The number of benzene rings is 2. The third kappa shape index (κ3) is 5.43. The molecular weight excluding hydrogens is 542 g/mol. The number of hydrogen-bond acceptors (Lipinski definition) is 8. The van der Waals surface area contributed by atoms with Gasteiger partial charge in [-0.3, -0.25) is 14.8 Å². The Kier molecular flexibility index (Phi) is 7.57. The van der Waals surface area contributed by atoms with Gasteiger partial charge in [0.2, 0.25) is 5.95 Å². The van der Waals surface area contributed by atoms with Crippen LogP contribution in [0.1, 0.15) is 24.5 Å². The highest BCUT2D eigenvalue weighted by Crippen LogP contribution is 2.40. The standard InChI is InChI=1S/C32H37N9O2/c1-6-40-19-23(17-34-40)25-18-33-32(36-30(25)26-20-39-12-8-10-22-9-7-11-24(26)31(22)39)35-27-16-29(41(42)43)28(15-21(27)2)38(5)14-13-37(3)4/h7,9,11,15-20H,6,8,10,12-14H2,1-5H3,(H,33,35,36). The molecule has 5 aromatic rings. The fourth-order valence-corrected chi connectivity index (χ4v) is 5.84. The van der Waals surface area contributed by atoms with Gasteiger partial charge in [0.25, 0.3) is 5.69 Å². The van der Waals surface area contributed by atoms with Crippen molar-refractivity contribution in [3.63, 3.8) is 0 Å². The summed E-state index contributed by atoms with van der Waals surface area (Å²) >= 11 is 0. The highest BCUT2D eigenvalue weighted by molar-refractivity contribution is 6.00. The molecule has 0 fully saturated rings. The second-order valence-electron chi connectivity index (χ2n) is 11.5. The van der Waals surface area contributed by atoms with Crippen molar-refractivity contribution < 1.29 is 4.92 Å². The predicted molar refractivity (Wildman–Crippen MR) is 171 cm³/mol. The van der Waals surface area contributed by atoms with Crippen LogP contribution >= 0.6 is 0 Å². The molecule has 0 unspecified atom stereocenters. The molecule has 0 bridgehead atoms. The van der Waals surface area contributed by atoms with Gasteiger partial charge in [0.15, 0.2) is 0 Å². The van der Waals surface area contributed by atoms with Crippen molar-refractivity contribution in [2.75, 3.05) is 44.4 Å². The SMILES string of the molecule is CCn1cc(-c2cnc(Nc3cc([N+](=O)[O-])c(N(C)CCN(C)C)cc3C)nc2-c2cn3c4c(cccc24)CCC3)cn1. The first-order chi connectivity index (χ1) is 20.7. The number of likely N-dealkylation sites (N-methyl/N-ethyl adjacent to an activating group) is 2. The predicted octanol–water partition coefficient (Wildman–Crippen LogP) is 5.89. The summed E-state index contributed by atoms with van der Waals surface area (Å²) in [4.78, 5) is 25.5. The van der Waals surface area contributed by atoms with Crippen LogP contribution in [-0.4, -0.2) is 68.4 Å². The Hall–Kier alpha value is -4.77. The maximum Gasteiger partial charge on any atom is 0.294 e. The minimum atomic E-state index is -0.333. The van der Waals surface area contributed by atoms with Gasteiger partial charge < -0.3 is 19.7 Å². The van der Waals surface area contributed by atoms with Crippen molar-refractivity contribution >= 4 is 33.9 Å². The van der Waals surface area contributed by atoms with Crippen LogP contribution in [0.25, 0.3) is 33.3 Å². The average molecular weight is 580 g/mol. The zero-order valence-corrected chi connectivity index (χ0v) is 25.3. The Bertz CT molecular complexity index is 1820. The van der Waals surface area contributed by atoms with E-state index in [1.54, 1.807) is 6.07 Å². The summed E-state index contributed by atoms with van der Waals surface area (Å²) in [6.07, 6.45) is 10.0. The van der Waals surface area contributed by atoms with Gasteiger partial charge in [-0.05, 0) is 58.0 Å². The average Bonchev–Trinajstić information content (AvgIpc) is 3.63. The van der Waals surface area contributed by atoms with Crippen LogP contribution in [0.4, 0.5) is 23.0 Å². The number of aromatic nitrogens is 5. The largest absolute Gasteiger partial charge is 0.368 e. The summed E-state index contributed by atoms with van der Waals surface area (Å²) in [5.41, 5.74) is 8.32. The van der Waals surface area contributed by atoms with Crippen LogP contribution < -0.4 is 10.2 Å². The Balaban J connectivity index is 1.44. The second kappa shape index (κ2) is 11.5. The molecule has 0 spiro atoms. The van der Waals surface area contributed by atoms with E-state index in [1.165, 1.54) is 11.1 Å². The summed E-state index contributed by atoms with van der Waals surface area (Å²) in [6, 6.07) is 9.92. The molecule has 1 N–H and O–H groups in total. The lowest BCUT2D eigenvalue weighted by Crippen LogP contribution is -2.29. The minimum absolute atomic E-state index is 0.0344. The van der Waals surface area contributed by atoms with Crippen molar-refractivity contribution in [1.29, 1.82) is 0 Å². The van der Waals surface area contributed by atoms with Gasteiger partial charge in [-0.2, -0.15) is 5.10 Å². The van der Waals surface area contributed by atoms with Gasteiger partial charge in [-0.15, -0.1) is 0 Å². The third-order valence-electron chi connectivity index (χ3n) is 8.20. The minimum Gasteiger partial charge on any atom is -0.368 e. The molecule has 0 amide bonds. The van der Waals surface area contributed by atoms with E-state index in [1.807, 2.05) is 62.3 Å². The summed E-state index contributed by atoms with van der Waals surface area (Å²) in [6.45, 7) is 7.16. The van der Waals surface area contributed by atoms with Crippen molar-refractivity contribution in [3.05, 3.63) is 76.4 Å². The molecular formula is C32H37N9O2. The highest BCUT2D eigenvalue weighted by atomic mass is 16.6. The van der Waals surface area contributed by atoms with Gasteiger partial charge in [0, 0.05) is 80.0 Å². The summed E-state index contributed by atoms with van der Waals surface area (Å²) in [7, 11) is 5.85. The Morgan fingerprint density at radius 3 is 2.67 bits per heavy atom. The fourth-order valence-electron chi connectivity index (χ4n) is 5.84. The lowest BCUT2D eigenvalue weighted by atomic mass is 9.99. The topological polar surface area (TPSA) is 110 Å². The maximum absolute atomic E-state index is 12.1. The second-order valence-corrected chi connectivity index (χ2v) is 11.5. The molecule has 0 radical (unpaired) electrons. The first-order valence-corrected chi connectivity index (χ1v) is 14.7. The van der Waals surface area contributed by atoms with Crippen LogP contribution in [-0.2, 0) is 19.5 Å². The molecule has 6 rings (SSSR count). The molecule has 11 heteroatoms. The Morgan fingerprint density at radius 1 is 1.09 bits per heavy atom. The maximum atomic E-state index is 12.1. The van der Waals surface area contributed by atoms with E-state index >= 15 is 0 Å². The van der Waals surface area contributed by atoms with Crippen molar-refractivity contribution in [2.24, 2.45) is 0 Å². The number of nitro groups is 1. The normalized spacial score (nSPS) is 12.7. The number of nitro benzene ring substituents is 1. The number of para-hydroxylation sites is 1. The van der Waals surface area contributed by atoms with Gasteiger partial charge >= 0.3 is 0 Å². The smallest absolute Gasteiger partial charge is 0.294 e. The molecule has 1 aliphatic heterocycles. The number of rotatable bonds is 10. The van der Waals surface area contributed by atoms with Crippen LogP contribution in [0, 0.1) is 17.0 Å². The number of hydrogen-bond donors (Lipinski definition) is 1. The molecule has 0 aliphatic carbocycles. The molecule has 0 saturated carbocycles. The lowest BCUT2D eigenvalue weighted by Gasteiger charge is -2.22. The van der Waals surface area contributed by atoms with E-state index in [0.717, 1.165) is 65.8 Å². The van der Waals surface area contributed by atoms with Crippen molar-refractivity contribution in [2.45, 2.75) is 39.8 Å². The van der Waals surface area contributed by atoms with Gasteiger partial charge in [0.1, 0.15) is 5.69 Å². The quantitative estimate of drug-likeness (QED) is 0.161. The summed E-state index contributed by atoms with van der Waals surface area (Å²) in [5.74, 6) is 0.375. The van der Waals surface area contributed by atoms with Gasteiger partial charge in [0.05, 0.1) is 28.0 Å². The molecule has 3 aromatic heterocycles. The van der Waals surface area contributed by atoms with Crippen molar-refractivity contribution in [3.8, 4) is 22.4 Å². The van der Waals surface area contributed by atoms with E-state index in [2.05, 4.69) is 56.2 Å². The number of anilines is 3. The van der Waals surface area contributed by atoms with Crippen LogP contribution in [0.3, 0.4) is 0 Å². The first-order valence-electron chi connectivity index (χ1n) is 14.7. The van der Waals surface area contributed by atoms with E-state index in [9.17, 15) is 10.1 Å². The van der Waals surface area contributed by atoms with Crippen molar-refractivity contribution in [1.82, 2.24) is 29.2 Å². The van der Waals surface area contributed by atoms with E-state index in [-0.39, 0.29) is 10.6 Å². The zero-order chi connectivity index (χ0) is 30.2. The molecule has 1 aliphatic rings. The number of aryl methyl sites for hydroxylation is 4. The highest BCUT2D eigenvalue weighted by Gasteiger charge is 2.23. The van der Waals surface area contributed by atoms with Crippen LogP contribution in [0.2, 0.25) is 0 Å². The molecule has 43 heavy (non-hydrogen) atoms. The molecule has 4 heterocycles. The van der Waals surface area contributed by atoms with E-state index in [0.29, 0.717) is 23.9 Å². The Labute approximate surface area is 250 Å². The molecule has 2 aromatic carbocycles. The van der Waals surface area contributed by atoms with E-state index in [4.69, 9.17) is 4.98 Å². The molecule has 0 saturated heterocycles. The number of nitrogens with one attached hydrogen (secondary N) is 1. The summed E-state index contributed by atoms with van der Waals surface area (Å²) < 4.78 is 4.22. The van der Waals surface area contributed by atoms with Gasteiger partial charge in [-0.1, -0.05) is 18.2 Å². The van der Waals surface area contributed by atoms with E-state index < -0.39 is 0 Å². The molecule has 0 atom stereocenters. The zero-order valence-electron chi connectivity index (χ0n) is 25.3. The first kappa shape index (κ1) is 28.4. The third-order valence-corrected chi connectivity index (χ3v) is 8.20. The summed E-state index contributed by atoms with van der Waals surface area (Å²) in [5, 5.41) is 21.1. The van der Waals surface area contributed by atoms with Crippen LogP contribution in [0.15, 0.2) is 55.1 Å².